The number of halogens is 1. The predicted molar refractivity (Wildman–Crippen MR) is 147 cm³/mol. The van der Waals surface area contributed by atoms with Gasteiger partial charge < -0.3 is 19.1 Å². The number of carbonyl (C=O) groups excluding carboxylic acids is 2. The van der Waals surface area contributed by atoms with Crippen LogP contribution in [0.15, 0.2) is 72.4 Å². The molecule has 0 unspecified atom stereocenters. The van der Waals surface area contributed by atoms with Gasteiger partial charge in [0.2, 0.25) is 0 Å². The summed E-state index contributed by atoms with van der Waals surface area (Å²) in [4.78, 5) is 28.4. The number of hydrogen-bond acceptors (Lipinski definition) is 7. The van der Waals surface area contributed by atoms with Crippen LogP contribution in [0.1, 0.15) is 16.7 Å². The molecule has 0 spiro atoms. The molecule has 4 rings (SSSR count). The van der Waals surface area contributed by atoms with Crippen molar-refractivity contribution in [3.05, 3.63) is 94.1 Å². The Hall–Kier alpha value is -4.39. The van der Waals surface area contributed by atoms with Crippen LogP contribution in [0.25, 0.3) is 6.08 Å². The Morgan fingerprint density at radius 3 is 2.50 bits per heavy atom. The predicted octanol–water partition coefficient (Wildman–Crippen LogP) is 4.95. The highest BCUT2D eigenvalue weighted by molar-refractivity contribution is 7.80. The first-order chi connectivity index (χ1) is 18.4. The standard InChI is InChI=1S/C28H22ClN3O5S/c1-35-22-10-8-21(9-11-22)32-27(34)24(31(28(32)38)16-26(33)36-2)14-18-7-12-25(23(29)13-18)37-17-20-6-4-3-5-19(20)15-30/h3-14H,16-17H2,1-2H3/b24-14-. The highest BCUT2D eigenvalue weighted by atomic mass is 35.5. The molecule has 192 valence electrons. The van der Waals surface area contributed by atoms with E-state index in [-0.39, 0.29) is 24.0 Å². The van der Waals surface area contributed by atoms with Gasteiger partial charge in [0.25, 0.3) is 5.91 Å². The number of thiocarbonyl (C=S) groups is 1. The smallest absolute Gasteiger partial charge is 0.325 e. The Kier molecular flexibility index (Phi) is 8.26. The Morgan fingerprint density at radius 1 is 1.11 bits per heavy atom. The highest BCUT2D eigenvalue weighted by Gasteiger charge is 2.40. The average molecular weight is 548 g/mol. The fourth-order valence-electron chi connectivity index (χ4n) is 3.78. The summed E-state index contributed by atoms with van der Waals surface area (Å²) in [5, 5.41) is 9.72. The molecule has 1 saturated heterocycles. The summed E-state index contributed by atoms with van der Waals surface area (Å²) >= 11 is 12.0. The van der Waals surface area contributed by atoms with Gasteiger partial charge in [0.15, 0.2) is 5.11 Å². The summed E-state index contributed by atoms with van der Waals surface area (Å²) in [7, 11) is 2.81. The van der Waals surface area contributed by atoms with Gasteiger partial charge in [-0.15, -0.1) is 0 Å². The number of methoxy groups -OCH3 is 2. The second kappa shape index (κ2) is 11.8. The quantitative estimate of drug-likeness (QED) is 0.222. The first-order valence-corrected chi connectivity index (χ1v) is 12.1. The van der Waals surface area contributed by atoms with Gasteiger partial charge >= 0.3 is 5.97 Å². The maximum atomic E-state index is 13.5. The monoisotopic (exact) mass is 547 g/mol. The van der Waals surface area contributed by atoms with Crippen LogP contribution in [0.4, 0.5) is 5.69 Å². The second-order valence-corrected chi connectivity index (χ2v) is 8.83. The van der Waals surface area contributed by atoms with Crippen LogP contribution in [0.3, 0.4) is 0 Å². The van der Waals surface area contributed by atoms with E-state index in [0.717, 1.165) is 5.56 Å². The molecule has 1 fully saturated rings. The number of amides is 1. The minimum absolute atomic E-state index is 0.138. The lowest BCUT2D eigenvalue weighted by Crippen LogP contribution is -2.35. The number of carbonyl (C=O) groups is 2. The van der Waals surface area contributed by atoms with Gasteiger partial charge in [-0.1, -0.05) is 35.9 Å². The van der Waals surface area contributed by atoms with Crippen LogP contribution >= 0.6 is 23.8 Å². The molecule has 1 aliphatic rings. The normalized spacial score (nSPS) is 14.0. The fraction of sp³-hybridized carbons (Fsp3) is 0.143. The van der Waals surface area contributed by atoms with Gasteiger partial charge in [-0.05, 0) is 66.3 Å². The lowest BCUT2D eigenvalue weighted by Gasteiger charge is -2.19. The van der Waals surface area contributed by atoms with Crippen molar-refractivity contribution in [3.8, 4) is 17.6 Å². The van der Waals surface area contributed by atoms with Crippen LogP contribution < -0.4 is 14.4 Å². The Labute approximate surface area is 230 Å². The van der Waals surface area contributed by atoms with E-state index in [1.165, 1.54) is 16.9 Å². The summed E-state index contributed by atoms with van der Waals surface area (Å²) in [6.07, 6.45) is 1.60. The maximum absolute atomic E-state index is 13.5. The summed E-state index contributed by atoms with van der Waals surface area (Å²) in [6, 6.07) is 21.2. The fourth-order valence-corrected chi connectivity index (χ4v) is 4.37. The summed E-state index contributed by atoms with van der Waals surface area (Å²) in [6.45, 7) is -0.0762. The third kappa shape index (κ3) is 5.62. The number of ether oxygens (including phenoxy) is 3. The van der Waals surface area contributed by atoms with Gasteiger partial charge in [-0.25, -0.2) is 0 Å². The van der Waals surface area contributed by atoms with E-state index in [0.29, 0.717) is 33.3 Å². The molecular weight excluding hydrogens is 526 g/mol. The van der Waals surface area contributed by atoms with E-state index in [1.807, 2.05) is 12.1 Å². The molecule has 3 aromatic carbocycles. The number of nitrogens with zero attached hydrogens (tertiary/aromatic N) is 3. The number of nitriles is 1. The molecule has 0 atom stereocenters. The van der Waals surface area contributed by atoms with Crippen molar-refractivity contribution in [1.29, 1.82) is 5.26 Å². The van der Waals surface area contributed by atoms with Crippen LogP contribution in [0.2, 0.25) is 5.02 Å². The van der Waals surface area contributed by atoms with Gasteiger partial charge in [0, 0.05) is 5.56 Å². The number of hydrogen-bond donors (Lipinski definition) is 0. The largest absolute Gasteiger partial charge is 0.497 e. The Bertz CT molecular complexity index is 1470. The first-order valence-electron chi connectivity index (χ1n) is 11.3. The molecule has 8 nitrogen and oxygen atoms in total. The SMILES string of the molecule is COC(=O)CN1C(=S)N(c2ccc(OC)cc2)C(=O)/C1=C/c1ccc(OCc2ccccc2C#N)c(Cl)c1. The molecule has 0 aliphatic carbocycles. The maximum Gasteiger partial charge on any atom is 0.325 e. The summed E-state index contributed by atoms with van der Waals surface area (Å²) < 4.78 is 15.8. The van der Waals surface area contributed by atoms with Crippen molar-refractivity contribution >= 4 is 52.6 Å². The Balaban J connectivity index is 1.62. The molecular formula is C28H22ClN3O5S. The molecule has 38 heavy (non-hydrogen) atoms. The van der Waals surface area contributed by atoms with Crippen molar-refractivity contribution in [3.63, 3.8) is 0 Å². The van der Waals surface area contributed by atoms with Crippen molar-refractivity contribution in [2.75, 3.05) is 25.7 Å². The lowest BCUT2D eigenvalue weighted by atomic mass is 10.1. The van der Waals surface area contributed by atoms with E-state index < -0.39 is 11.9 Å². The van der Waals surface area contributed by atoms with Crippen LogP contribution in [-0.4, -0.2) is 42.7 Å². The second-order valence-electron chi connectivity index (χ2n) is 8.06. The minimum atomic E-state index is -0.554. The van der Waals surface area contributed by atoms with Crippen LogP contribution in [0, 0.1) is 11.3 Å². The van der Waals surface area contributed by atoms with Crippen LogP contribution in [0.5, 0.6) is 11.5 Å². The van der Waals surface area contributed by atoms with Gasteiger partial charge in [0.05, 0.1) is 36.6 Å². The topological polar surface area (TPSA) is 92.1 Å². The zero-order valence-corrected chi connectivity index (χ0v) is 22.1. The van der Waals surface area contributed by atoms with Crippen molar-refractivity contribution < 1.29 is 23.8 Å². The molecule has 3 aromatic rings. The molecule has 10 heteroatoms. The van der Waals surface area contributed by atoms with E-state index >= 15 is 0 Å². The Morgan fingerprint density at radius 2 is 1.84 bits per heavy atom. The molecule has 0 bridgehead atoms. The average Bonchev–Trinajstić information content (AvgIpc) is 3.16. The van der Waals surface area contributed by atoms with E-state index in [9.17, 15) is 14.9 Å². The number of esters is 1. The number of benzene rings is 3. The molecule has 0 N–H and O–H groups in total. The molecule has 1 heterocycles. The third-order valence-corrected chi connectivity index (χ3v) is 6.46. The van der Waals surface area contributed by atoms with Gasteiger partial charge in [-0.2, -0.15) is 5.26 Å². The molecule has 1 amide bonds. The lowest BCUT2D eigenvalue weighted by molar-refractivity contribution is -0.140. The van der Waals surface area contributed by atoms with Crippen molar-refractivity contribution in [2.24, 2.45) is 0 Å². The molecule has 0 radical (unpaired) electrons. The number of anilines is 1. The van der Waals surface area contributed by atoms with E-state index in [4.69, 9.17) is 38.0 Å². The zero-order chi connectivity index (χ0) is 27.2. The first kappa shape index (κ1) is 26.7. The minimum Gasteiger partial charge on any atom is -0.497 e. The van der Waals surface area contributed by atoms with Gasteiger partial charge in [0.1, 0.15) is 30.3 Å². The molecule has 1 aliphatic heterocycles. The summed E-state index contributed by atoms with van der Waals surface area (Å²) in [5.41, 5.74) is 2.56. The van der Waals surface area contributed by atoms with E-state index in [2.05, 4.69) is 6.07 Å². The molecule has 0 saturated carbocycles. The third-order valence-electron chi connectivity index (χ3n) is 5.76. The van der Waals surface area contributed by atoms with E-state index in [1.54, 1.807) is 67.8 Å². The molecule has 0 aromatic heterocycles. The van der Waals surface area contributed by atoms with Crippen molar-refractivity contribution in [1.82, 2.24) is 4.90 Å². The zero-order valence-electron chi connectivity index (χ0n) is 20.5. The highest BCUT2D eigenvalue weighted by Crippen LogP contribution is 2.32. The summed E-state index contributed by atoms with van der Waals surface area (Å²) in [5.74, 6) is 0.0818. The number of rotatable bonds is 8. The van der Waals surface area contributed by atoms with Crippen molar-refractivity contribution in [2.45, 2.75) is 6.61 Å². The van der Waals surface area contributed by atoms with Crippen LogP contribution in [-0.2, 0) is 20.9 Å². The van der Waals surface area contributed by atoms with Gasteiger partial charge in [-0.3, -0.25) is 14.5 Å².